The minimum Gasteiger partial charge on any atom is -0.337 e. The van der Waals surface area contributed by atoms with Gasteiger partial charge in [-0.2, -0.15) is 0 Å². The Balaban J connectivity index is 1.82. The molecule has 5 nitrogen and oxygen atoms in total. The lowest BCUT2D eigenvalue weighted by atomic mass is 9.92. The Hall–Kier alpha value is -2.01. The van der Waals surface area contributed by atoms with Crippen LogP contribution in [0.4, 0.5) is 0 Å². The quantitative estimate of drug-likeness (QED) is 0.913. The molecular formula is C16H20N4O. The zero-order chi connectivity index (χ0) is 14.8. The highest BCUT2D eigenvalue weighted by atomic mass is 16.2. The van der Waals surface area contributed by atoms with Crippen LogP contribution in [0, 0.1) is 5.92 Å². The molecule has 0 unspecified atom stereocenters. The molecule has 0 spiro atoms. The Morgan fingerprint density at radius 2 is 2.14 bits per heavy atom. The molecule has 1 saturated heterocycles. The largest absolute Gasteiger partial charge is 0.337 e. The highest BCUT2D eigenvalue weighted by Crippen LogP contribution is 2.20. The molecule has 0 saturated carbocycles. The van der Waals surface area contributed by atoms with Crippen LogP contribution in [0.2, 0.25) is 0 Å². The number of carbonyl (C=O) groups excluding carboxylic acids is 1. The molecule has 0 aliphatic carbocycles. The molecule has 1 aliphatic rings. The van der Waals surface area contributed by atoms with Gasteiger partial charge < -0.3 is 10.6 Å². The van der Waals surface area contributed by atoms with Crippen LogP contribution in [-0.4, -0.2) is 39.9 Å². The Labute approximate surface area is 124 Å². The van der Waals surface area contributed by atoms with Gasteiger partial charge in [0.15, 0.2) is 0 Å². The van der Waals surface area contributed by atoms with Crippen molar-refractivity contribution in [1.29, 1.82) is 0 Å². The molecule has 3 rings (SSSR count). The van der Waals surface area contributed by atoms with Gasteiger partial charge in [-0.05, 0) is 37.8 Å². The Morgan fingerprint density at radius 1 is 1.38 bits per heavy atom. The standard InChI is InChI=1S/C16H20N4O/c1-11(17)12-5-4-8-20(10-12)16(21)15-9-18-13-6-2-3-7-14(13)19-15/h2-3,6-7,9,11-12H,4-5,8,10,17H2,1H3/t11-,12-/m1/s1. The molecule has 1 aliphatic heterocycles. The maximum absolute atomic E-state index is 12.6. The average Bonchev–Trinajstić information content (AvgIpc) is 2.53. The minimum absolute atomic E-state index is 0.0430. The predicted octanol–water partition coefficient (Wildman–Crippen LogP) is 1.83. The molecule has 0 bridgehead atoms. The van der Waals surface area contributed by atoms with Crippen molar-refractivity contribution in [1.82, 2.24) is 14.9 Å². The van der Waals surface area contributed by atoms with Gasteiger partial charge in [0.2, 0.25) is 0 Å². The first-order valence-corrected chi connectivity index (χ1v) is 7.42. The number of carbonyl (C=O) groups is 1. The van der Waals surface area contributed by atoms with Gasteiger partial charge in [0.1, 0.15) is 5.69 Å². The number of para-hydroxylation sites is 2. The van der Waals surface area contributed by atoms with E-state index in [1.54, 1.807) is 6.20 Å². The van der Waals surface area contributed by atoms with Crippen LogP contribution < -0.4 is 5.73 Å². The average molecular weight is 284 g/mol. The van der Waals surface area contributed by atoms with Crippen molar-refractivity contribution in [3.63, 3.8) is 0 Å². The molecule has 21 heavy (non-hydrogen) atoms. The van der Waals surface area contributed by atoms with Gasteiger partial charge in [0, 0.05) is 19.1 Å². The van der Waals surface area contributed by atoms with Gasteiger partial charge in [-0.15, -0.1) is 0 Å². The molecule has 2 aromatic rings. The van der Waals surface area contributed by atoms with Crippen molar-refractivity contribution >= 4 is 16.9 Å². The number of hydrogen-bond donors (Lipinski definition) is 1. The first kappa shape index (κ1) is 13.9. The smallest absolute Gasteiger partial charge is 0.274 e. The maximum Gasteiger partial charge on any atom is 0.274 e. The monoisotopic (exact) mass is 284 g/mol. The summed E-state index contributed by atoms with van der Waals surface area (Å²) in [5.74, 6) is 0.328. The van der Waals surface area contributed by atoms with E-state index in [9.17, 15) is 4.79 Å². The van der Waals surface area contributed by atoms with E-state index in [4.69, 9.17) is 5.73 Å². The van der Waals surface area contributed by atoms with E-state index in [2.05, 4.69) is 9.97 Å². The van der Waals surface area contributed by atoms with Crippen molar-refractivity contribution in [3.05, 3.63) is 36.2 Å². The lowest BCUT2D eigenvalue weighted by Crippen LogP contribution is -2.45. The van der Waals surface area contributed by atoms with Crippen LogP contribution in [0.1, 0.15) is 30.3 Å². The summed E-state index contributed by atoms with van der Waals surface area (Å²) >= 11 is 0. The normalized spacial score (nSPS) is 20.5. The first-order valence-electron chi connectivity index (χ1n) is 7.42. The molecule has 0 radical (unpaired) electrons. The Kier molecular flexibility index (Phi) is 3.84. The van der Waals surface area contributed by atoms with E-state index in [1.807, 2.05) is 36.1 Å². The fourth-order valence-electron chi connectivity index (χ4n) is 2.85. The van der Waals surface area contributed by atoms with Gasteiger partial charge >= 0.3 is 0 Å². The topological polar surface area (TPSA) is 72.1 Å². The molecule has 1 aromatic heterocycles. The predicted molar refractivity (Wildman–Crippen MR) is 81.8 cm³/mol. The summed E-state index contributed by atoms with van der Waals surface area (Å²) in [6.45, 7) is 3.50. The van der Waals surface area contributed by atoms with Crippen molar-refractivity contribution < 1.29 is 4.79 Å². The fourth-order valence-corrected chi connectivity index (χ4v) is 2.85. The summed E-state index contributed by atoms with van der Waals surface area (Å²) in [7, 11) is 0. The van der Waals surface area contributed by atoms with E-state index in [-0.39, 0.29) is 11.9 Å². The number of nitrogens with two attached hydrogens (primary N) is 1. The highest BCUT2D eigenvalue weighted by molar-refractivity contribution is 5.93. The summed E-state index contributed by atoms with van der Waals surface area (Å²) in [6, 6.07) is 7.70. The molecule has 1 fully saturated rings. The summed E-state index contributed by atoms with van der Waals surface area (Å²) in [4.78, 5) is 23.2. The van der Waals surface area contributed by atoms with Crippen LogP contribution in [-0.2, 0) is 0 Å². The lowest BCUT2D eigenvalue weighted by Gasteiger charge is -2.34. The second kappa shape index (κ2) is 5.77. The molecule has 1 aromatic carbocycles. The minimum atomic E-state index is -0.0430. The third-order valence-corrected chi connectivity index (χ3v) is 4.16. The van der Waals surface area contributed by atoms with Crippen LogP contribution in [0.3, 0.4) is 0 Å². The zero-order valence-electron chi connectivity index (χ0n) is 12.2. The first-order chi connectivity index (χ1) is 10.1. The molecule has 1 amide bonds. The number of amides is 1. The van der Waals surface area contributed by atoms with E-state index in [0.29, 0.717) is 18.2 Å². The van der Waals surface area contributed by atoms with Gasteiger partial charge in [-0.3, -0.25) is 9.78 Å². The zero-order valence-corrected chi connectivity index (χ0v) is 12.2. The summed E-state index contributed by atoms with van der Waals surface area (Å²) < 4.78 is 0. The maximum atomic E-state index is 12.6. The van der Waals surface area contributed by atoms with Crippen LogP contribution in [0.25, 0.3) is 11.0 Å². The second-order valence-electron chi connectivity index (χ2n) is 5.76. The summed E-state index contributed by atoms with van der Waals surface area (Å²) in [5.41, 5.74) is 7.95. The summed E-state index contributed by atoms with van der Waals surface area (Å²) in [6.07, 6.45) is 3.66. The molecule has 2 N–H and O–H groups in total. The number of rotatable bonds is 2. The molecule has 2 atom stereocenters. The number of likely N-dealkylation sites (tertiary alicyclic amines) is 1. The van der Waals surface area contributed by atoms with Crippen molar-refractivity contribution in [2.24, 2.45) is 11.7 Å². The van der Waals surface area contributed by atoms with E-state index in [1.165, 1.54) is 0 Å². The van der Waals surface area contributed by atoms with Crippen molar-refractivity contribution in [2.75, 3.05) is 13.1 Å². The fraction of sp³-hybridized carbons (Fsp3) is 0.438. The van der Waals surface area contributed by atoms with Crippen LogP contribution in [0.15, 0.2) is 30.5 Å². The number of fused-ring (bicyclic) bond motifs is 1. The van der Waals surface area contributed by atoms with Crippen molar-refractivity contribution in [3.8, 4) is 0 Å². The number of piperidine rings is 1. The number of nitrogens with zero attached hydrogens (tertiary/aromatic N) is 3. The van der Waals surface area contributed by atoms with Gasteiger partial charge in [-0.25, -0.2) is 4.98 Å². The molecule has 2 heterocycles. The van der Waals surface area contributed by atoms with Gasteiger partial charge in [-0.1, -0.05) is 12.1 Å². The Bertz CT molecular complexity index is 656. The Morgan fingerprint density at radius 3 is 2.90 bits per heavy atom. The molecular weight excluding hydrogens is 264 g/mol. The van der Waals surface area contributed by atoms with Gasteiger partial charge in [0.05, 0.1) is 17.2 Å². The molecule has 110 valence electrons. The van der Waals surface area contributed by atoms with Gasteiger partial charge in [0.25, 0.3) is 5.91 Å². The van der Waals surface area contributed by atoms with Crippen LogP contribution >= 0.6 is 0 Å². The third-order valence-electron chi connectivity index (χ3n) is 4.16. The number of benzene rings is 1. The second-order valence-corrected chi connectivity index (χ2v) is 5.76. The lowest BCUT2D eigenvalue weighted by molar-refractivity contribution is 0.0655. The van der Waals surface area contributed by atoms with E-state index >= 15 is 0 Å². The van der Waals surface area contributed by atoms with E-state index in [0.717, 1.165) is 30.4 Å². The molecule has 5 heteroatoms. The highest BCUT2D eigenvalue weighted by Gasteiger charge is 2.27. The third kappa shape index (κ3) is 2.88. The number of hydrogen-bond acceptors (Lipinski definition) is 4. The SMILES string of the molecule is C[C@@H](N)[C@@H]1CCCN(C(=O)c2cnc3ccccc3n2)C1. The van der Waals surface area contributed by atoms with E-state index < -0.39 is 0 Å². The number of aromatic nitrogens is 2. The van der Waals surface area contributed by atoms with Crippen molar-refractivity contribution in [2.45, 2.75) is 25.8 Å². The summed E-state index contributed by atoms with van der Waals surface area (Å²) in [5, 5.41) is 0. The van der Waals surface area contributed by atoms with Crippen LogP contribution in [0.5, 0.6) is 0 Å².